The lowest BCUT2D eigenvalue weighted by Gasteiger charge is -2.04. The number of benzene rings is 2. The van der Waals surface area contributed by atoms with Crippen LogP contribution in [-0.2, 0) is 0 Å². The topological polar surface area (TPSA) is 23.8 Å². The summed E-state index contributed by atoms with van der Waals surface area (Å²) in [5.41, 5.74) is 1.97. The van der Waals surface area contributed by atoms with E-state index in [0.29, 0.717) is 0 Å². The fraction of sp³-hybridized carbons (Fsp3) is 0.0714. The first-order chi connectivity index (χ1) is 7.79. The Labute approximate surface area is 99.7 Å². The normalized spacial score (nSPS) is 9.75. The van der Waals surface area contributed by atoms with Crippen molar-refractivity contribution in [2.75, 3.05) is 0 Å². The zero-order valence-corrected chi connectivity index (χ0v) is 9.79. The molecule has 78 valence electrons. The van der Waals surface area contributed by atoms with Crippen LogP contribution in [0, 0.1) is 18.3 Å². The molecule has 0 saturated carbocycles. The third-order valence-corrected chi connectivity index (χ3v) is 3.29. The van der Waals surface area contributed by atoms with Gasteiger partial charge >= 0.3 is 0 Å². The van der Waals surface area contributed by atoms with E-state index < -0.39 is 0 Å². The Balaban J connectivity index is 2.31. The monoisotopic (exact) mass is 225 g/mol. The van der Waals surface area contributed by atoms with Gasteiger partial charge in [-0.25, -0.2) is 0 Å². The fourth-order valence-corrected chi connectivity index (χ4v) is 2.47. The van der Waals surface area contributed by atoms with Crippen LogP contribution >= 0.6 is 11.8 Å². The minimum Gasteiger partial charge on any atom is -0.192 e. The third-order valence-electron chi connectivity index (χ3n) is 2.22. The van der Waals surface area contributed by atoms with Crippen LogP contribution in [0.5, 0.6) is 0 Å². The highest BCUT2D eigenvalue weighted by Gasteiger charge is 2.02. The number of nitriles is 1. The molecule has 0 spiro atoms. The van der Waals surface area contributed by atoms with Crippen LogP contribution in [0.15, 0.2) is 58.3 Å². The van der Waals surface area contributed by atoms with Crippen LogP contribution < -0.4 is 0 Å². The molecule has 0 saturated heterocycles. The van der Waals surface area contributed by atoms with Crippen LogP contribution in [0.4, 0.5) is 0 Å². The number of hydrogen-bond acceptors (Lipinski definition) is 2. The van der Waals surface area contributed by atoms with Crippen LogP contribution in [0.1, 0.15) is 11.1 Å². The van der Waals surface area contributed by atoms with Crippen molar-refractivity contribution in [3.63, 3.8) is 0 Å². The molecule has 0 atom stereocenters. The second kappa shape index (κ2) is 4.87. The molecule has 0 aliphatic heterocycles. The number of aryl methyl sites for hydroxylation is 1. The second-order valence-electron chi connectivity index (χ2n) is 3.53. The molecule has 0 N–H and O–H groups in total. The molecule has 0 heterocycles. The van der Waals surface area contributed by atoms with E-state index >= 15 is 0 Å². The molecule has 0 fully saturated rings. The zero-order chi connectivity index (χ0) is 11.4. The third kappa shape index (κ3) is 2.44. The Morgan fingerprint density at radius 2 is 1.88 bits per heavy atom. The van der Waals surface area contributed by atoms with E-state index in [4.69, 9.17) is 5.26 Å². The largest absolute Gasteiger partial charge is 0.192 e. The van der Waals surface area contributed by atoms with Gasteiger partial charge < -0.3 is 0 Å². The molecule has 0 aliphatic carbocycles. The first-order valence-electron chi connectivity index (χ1n) is 5.03. The highest BCUT2D eigenvalue weighted by atomic mass is 32.2. The van der Waals surface area contributed by atoms with Crippen LogP contribution in [0.25, 0.3) is 0 Å². The van der Waals surface area contributed by atoms with Crippen LogP contribution in [0.2, 0.25) is 0 Å². The molecular weight excluding hydrogens is 214 g/mol. The van der Waals surface area contributed by atoms with Crippen molar-refractivity contribution in [2.45, 2.75) is 16.7 Å². The molecule has 0 bridgehead atoms. The van der Waals surface area contributed by atoms with Gasteiger partial charge in [-0.3, -0.25) is 0 Å². The van der Waals surface area contributed by atoms with Crippen molar-refractivity contribution in [3.05, 3.63) is 59.7 Å². The molecule has 2 aromatic carbocycles. The average Bonchev–Trinajstić information content (AvgIpc) is 2.30. The van der Waals surface area contributed by atoms with Gasteiger partial charge in [0.1, 0.15) is 6.07 Å². The lowest BCUT2D eigenvalue weighted by Crippen LogP contribution is -1.80. The summed E-state index contributed by atoms with van der Waals surface area (Å²) in [5, 5.41) is 8.99. The smallest absolute Gasteiger partial charge is 0.100 e. The number of hydrogen-bond donors (Lipinski definition) is 0. The predicted octanol–water partition coefficient (Wildman–Crippen LogP) is 4.02. The molecule has 0 amide bonds. The quantitative estimate of drug-likeness (QED) is 0.770. The summed E-state index contributed by atoms with van der Waals surface area (Å²) in [7, 11) is 0. The van der Waals surface area contributed by atoms with E-state index in [1.165, 1.54) is 10.5 Å². The number of nitrogens with zero attached hydrogens (tertiary/aromatic N) is 1. The molecule has 2 rings (SSSR count). The summed E-state index contributed by atoms with van der Waals surface area (Å²) in [6.07, 6.45) is 0. The predicted molar refractivity (Wildman–Crippen MR) is 66.5 cm³/mol. The van der Waals surface area contributed by atoms with E-state index in [1.54, 1.807) is 11.8 Å². The highest BCUT2D eigenvalue weighted by Crippen LogP contribution is 2.30. The van der Waals surface area contributed by atoms with Crippen molar-refractivity contribution in [1.82, 2.24) is 0 Å². The lowest BCUT2D eigenvalue weighted by atomic mass is 10.2. The number of rotatable bonds is 2. The van der Waals surface area contributed by atoms with E-state index in [0.717, 1.165) is 10.5 Å². The van der Waals surface area contributed by atoms with E-state index in [9.17, 15) is 0 Å². The van der Waals surface area contributed by atoms with Crippen LogP contribution in [0.3, 0.4) is 0 Å². The summed E-state index contributed by atoms with van der Waals surface area (Å²) in [6, 6.07) is 18.2. The van der Waals surface area contributed by atoms with Gasteiger partial charge in [-0.2, -0.15) is 5.26 Å². The average molecular weight is 225 g/mol. The van der Waals surface area contributed by atoms with Gasteiger partial charge in [-0.05, 0) is 31.2 Å². The maximum Gasteiger partial charge on any atom is 0.100 e. The first kappa shape index (κ1) is 10.8. The minimum atomic E-state index is 0.731. The van der Waals surface area contributed by atoms with Crippen LogP contribution in [-0.4, -0.2) is 0 Å². The van der Waals surface area contributed by atoms with Crippen molar-refractivity contribution >= 4 is 11.8 Å². The molecular formula is C14H11NS. The van der Waals surface area contributed by atoms with Crippen molar-refractivity contribution in [2.24, 2.45) is 0 Å². The van der Waals surface area contributed by atoms with Gasteiger partial charge in [0.2, 0.25) is 0 Å². The standard InChI is InChI=1S/C14H11NS/c1-11-5-4-7-13(9-11)16-14-8-3-2-6-12(14)10-15/h2-9H,1H3. The Morgan fingerprint density at radius 3 is 2.62 bits per heavy atom. The minimum absolute atomic E-state index is 0.731. The molecule has 16 heavy (non-hydrogen) atoms. The molecule has 0 radical (unpaired) electrons. The van der Waals surface area contributed by atoms with E-state index in [-0.39, 0.29) is 0 Å². The SMILES string of the molecule is Cc1cccc(Sc2ccccc2C#N)c1. The van der Waals surface area contributed by atoms with Crippen molar-refractivity contribution in [1.29, 1.82) is 5.26 Å². The van der Waals surface area contributed by atoms with Gasteiger partial charge in [-0.1, -0.05) is 41.6 Å². The lowest BCUT2D eigenvalue weighted by molar-refractivity contribution is 1.33. The Kier molecular flexibility index (Phi) is 3.28. The van der Waals surface area contributed by atoms with Gasteiger partial charge in [-0.15, -0.1) is 0 Å². The molecule has 2 heteroatoms. The maximum atomic E-state index is 8.99. The van der Waals surface area contributed by atoms with E-state index in [1.807, 2.05) is 30.3 Å². The zero-order valence-electron chi connectivity index (χ0n) is 8.97. The summed E-state index contributed by atoms with van der Waals surface area (Å²) < 4.78 is 0. The molecule has 0 aromatic heterocycles. The molecule has 2 aromatic rings. The summed E-state index contributed by atoms with van der Waals surface area (Å²) >= 11 is 1.63. The molecule has 0 aliphatic rings. The Morgan fingerprint density at radius 1 is 1.06 bits per heavy atom. The van der Waals surface area contributed by atoms with Gasteiger partial charge in [0.15, 0.2) is 0 Å². The van der Waals surface area contributed by atoms with Crippen molar-refractivity contribution < 1.29 is 0 Å². The first-order valence-corrected chi connectivity index (χ1v) is 5.85. The summed E-state index contributed by atoms with van der Waals surface area (Å²) in [4.78, 5) is 2.18. The van der Waals surface area contributed by atoms with Gasteiger partial charge in [0.25, 0.3) is 0 Å². The molecule has 1 nitrogen and oxygen atoms in total. The summed E-state index contributed by atoms with van der Waals surface area (Å²) in [6.45, 7) is 2.07. The summed E-state index contributed by atoms with van der Waals surface area (Å²) in [5.74, 6) is 0. The maximum absolute atomic E-state index is 8.99. The Hall–Kier alpha value is -1.72. The molecule has 0 unspecified atom stereocenters. The van der Waals surface area contributed by atoms with Crippen molar-refractivity contribution in [3.8, 4) is 6.07 Å². The van der Waals surface area contributed by atoms with E-state index in [2.05, 4.69) is 31.2 Å². The Bertz CT molecular complexity index is 540. The highest BCUT2D eigenvalue weighted by molar-refractivity contribution is 7.99. The van der Waals surface area contributed by atoms with Gasteiger partial charge in [0.05, 0.1) is 5.56 Å². The fourth-order valence-electron chi connectivity index (χ4n) is 1.45. The second-order valence-corrected chi connectivity index (χ2v) is 4.64. The van der Waals surface area contributed by atoms with Gasteiger partial charge in [0, 0.05) is 9.79 Å².